The average molecular weight is 408 g/mol. The molecule has 8 nitrogen and oxygen atoms in total. The van der Waals surface area contributed by atoms with E-state index in [0.29, 0.717) is 22.8 Å². The van der Waals surface area contributed by atoms with Gasteiger partial charge in [0.05, 0.1) is 31.7 Å². The molecule has 0 saturated carbocycles. The summed E-state index contributed by atoms with van der Waals surface area (Å²) >= 11 is 0. The SMILES string of the molecule is COc1ncc(-c2cc([C@H](C)CCc3ccncc3)c3ncc(F)n3n2)c(OC)n1. The monoisotopic (exact) mass is 408 g/mol. The molecule has 1 atom stereocenters. The smallest absolute Gasteiger partial charge is 0.319 e. The predicted molar refractivity (Wildman–Crippen MR) is 108 cm³/mol. The summed E-state index contributed by atoms with van der Waals surface area (Å²) in [7, 11) is 2.97. The number of ether oxygens (including phenoxy) is 2. The Morgan fingerprint density at radius 1 is 1.10 bits per heavy atom. The van der Waals surface area contributed by atoms with Crippen molar-refractivity contribution in [1.82, 2.24) is 29.5 Å². The van der Waals surface area contributed by atoms with Crippen molar-refractivity contribution in [2.24, 2.45) is 0 Å². The molecule has 0 amide bonds. The van der Waals surface area contributed by atoms with E-state index in [1.54, 1.807) is 18.6 Å². The summed E-state index contributed by atoms with van der Waals surface area (Å²) in [6, 6.07) is 6.06. The highest BCUT2D eigenvalue weighted by Gasteiger charge is 2.20. The normalized spacial score (nSPS) is 12.1. The zero-order valence-corrected chi connectivity index (χ0v) is 16.9. The minimum absolute atomic E-state index is 0.106. The van der Waals surface area contributed by atoms with Crippen LogP contribution in [-0.2, 0) is 6.42 Å². The molecule has 4 heterocycles. The summed E-state index contributed by atoms with van der Waals surface area (Å²) in [4.78, 5) is 16.6. The van der Waals surface area contributed by atoms with Crippen LogP contribution in [0.15, 0.2) is 43.0 Å². The van der Waals surface area contributed by atoms with Gasteiger partial charge in [0.1, 0.15) is 0 Å². The van der Waals surface area contributed by atoms with Crippen molar-refractivity contribution in [1.29, 1.82) is 0 Å². The fraction of sp³-hybridized carbons (Fsp3) is 0.286. The third-order valence-electron chi connectivity index (χ3n) is 4.98. The van der Waals surface area contributed by atoms with E-state index in [9.17, 15) is 4.39 Å². The second-order valence-electron chi connectivity index (χ2n) is 6.88. The lowest BCUT2D eigenvalue weighted by atomic mass is 9.94. The van der Waals surface area contributed by atoms with Crippen LogP contribution in [0, 0.1) is 5.95 Å². The van der Waals surface area contributed by atoms with Crippen molar-refractivity contribution in [3.8, 4) is 23.1 Å². The first-order valence-electron chi connectivity index (χ1n) is 9.49. The van der Waals surface area contributed by atoms with Crippen molar-refractivity contribution in [2.45, 2.75) is 25.7 Å². The fourth-order valence-corrected chi connectivity index (χ4v) is 3.33. The Balaban J connectivity index is 1.75. The second kappa shape index (κ2) is 8.40. The Hall–Kier alpha value is -3.62. The fourth-order valence-electron chi connectivity index (χ4n) is 3.33. The highest BCUT2D eigenvalue weighted by atomic mass is 19.1. The summed E-state index contributed by atoms with van der Waals surface area (Å²) in [6.45, 7) is 2.09. The minimum atomic E-state index is -0.539. The molecular weight excluding hydrogens is 387 g/mol. The Labute approximate surface area is 172 Å². The highest BCUT2D eigenvalue weighted by molar-refractivity contribution is 5.67. The molecule has 0 bridgehead atoms. The number of halogens is 1. The van der Waals surface area contributed by atoms with E-state index in [1.807, 2.05) is 18.2 Å². The zero-order chi connectivity index (χ0) is 21.1. The summed E-state index contributed by atoms with van der Waals surface area (Å²) in [5, 5.41) is 4.40. The third kappa shape index (κ3) is 3.78. The van der Waals surface area contributed by atoms with Gasteiger partial charge in [-0.15, -0.1) is 0 Å². The molecule has 0 radical (unpaired) electrons. The molecule has 0 spiro atoms. The van der Waals surface area contributed by atoms with Gasteiger partial charge in [0.25, 0.3) is 0 Å². The number of methoxy groups -OCH3 is 2. The van der Waals surface area contributed by atoms with E-state index in [1.165, 1.54) is 30.5 Å². The van der Waals surface area contributed by atoms with Crippen LogP contribution in [0.4, 0.5) is 4.39 Å². The number of hydrogen-bond acceptors (Lipinski definition) is 7. The molecule has 0 unspecified atom stereocenters. The number of imidazole rings is 1. The van der Waals surface area contributed by atoms with Gasteiger partial charge in [-0.2, -0.15) is 19.0 Å². The van der Waals surface area contributed by atoms with Gasteiger partial charge in [0.2, 0.25) is 11.8 Å². The Morgan fingerprint density at radius 3 is 2.63 bits per heavy atom. The zero-order valence-electron chi connectivity index (χ0n) is 16.9. The maximum absolute atomic E-state index is 14.4. The van der Waals surface area contributed by atoms with Crippen molar-refractivity contribution < 1.29 is 13.9 Å². The molecule has 4 rings (SSSR count). The lowest BCUT2D eigenvalue weighted by molar-refractivity contribution is 0.353. The van der Waals surface area contributed by atoms with Crippen molar-refractivity contribution in [2.75, 3.05) is 14.2 Å². The van der Waals surface area contributed by atoms with Crippen LogP contribution in [0.1, 0.15) is 30.4 Å². The molecule has 30 heavy (non-hydrogen) atoms. The summed E-state index contributed by atoms with van der Waals surface area (Å²) in [5.41, 5.74) is 3.60. The Bertz CT molecular complexity index is 1170. The van der Waals surface area contributed by atoms with E-state index < -0.39 is 5.95 Å². The first kappa shape index (κ1) is 19.7. The van der Waals surface area contributed by atoms with Crippen LogP contribution in [0.5, 0.6) is 11.9 Å². The van der Waals surface area contributed by atoms with E-state index >= 15 is 0 Å². The van der Waals surface area contributed by atoms with Crippen LogP contribution in [0.2, 0.25) is 0 Å². The molecule has 0 saturated heterocycles. The second-order valence-corrected chi connectivity index (χ2v) is 6.88. The predicted octanol–water partition coefficient (Wildman–Crippen LogP) is 3.47. The molecule has 9 heteroatoms. The number of fused-ring (bicyclic) bond motifs is 1. The molecule has 4 aromatic heterocycles. The Kier molecular flexibility index (Phi) is 5.51. The van der Waals surface area contributed by atoms with Crippen molar-refractivity contribution >= 4 is 5.65 Å². The molecule has 0 aromatic carbocycles. The van der Waals surface area contributed by atoms with Crippen LogP contribution < -0.4 is 9.47 Å². The largest absolute Gasteiger partial charge is 0.480 e. The van der Waals surface area contributed by atoms with Gasteiger partial charge in [0.15, 0.2) is 5.65 Å². The summed E-state index contributed by atoms with van der Waals surface area (Å²) in [6.07, 6.45) is 8.01. The van der Waals surface area contributed by atoms with Crippen LogP contribution in [0.3, 0.4) is 0 Å². The van der Waals surface area contributed by atoms with Gasteiger partial charge in [0, 0.05) is 24.2 Å². The standard InChI is InChI=1S/C21H21FN6O2/c1-13(4-5-14-6-8-23-9-7-14)15-10-17(27-28-18(22)12-24-19(15)28)16-11-25-21(30-3)26-20(16)29-2/h6-13H,4-5H2,1-3H3/t13-/m1/s1. The van der Waals surface area contributed by atoms with Crippen LogP contribution in [0.25, 0.3) is 16.9 Å². The molecule has 0 N–H and O–H groups in total. The number of aryl methyl sites for hydroxylation is 1. The quantitative estimate of drug-likeness (QED) is 0.463. The lowest BCUT2D eigenvalue weighted by Gasteiger charge is -2.15. The maximum atomic E-state index is 14.4. The number of rotatable bonds is 7. The number of hydrogen-bond donors (Lipinski definition) is 0. The highest BCUT2D eigenvalue weighted by Crippen LogP contribution is 2.32. The molecule has 0 fully saturated rings. The van der Waals surface area contributed by atoms with Crippen molar-refractivity contribution in [3.63, 3.8) is 0 Å². The Morgan fingerprint density at radius 2 is 1.90 bits per heavy atom. The maximum Gasteiger partial charge on any atom is 0.319 e. The molecule has 4 aromatic rings. The molecule has 0 aliphatic rings. The third-order valence-corrected chi connectivity index (χ3v) is 4.98. The van der Waals surface area contributed by atoms with Gasteiger partial charge in [-0.3, -0.25) is 4.98 Å². The first-order chi connectivity index (χ1) is 14.6. The van der Waals surface area contributed by atoms with Gasteiger partial charge in [-0.1, -0.05) is 6.92 Å². The molecule has 0 aliphatic carbocycles. The van der Waals surface area contributed by atoms with Gasteiger partial charge < -0.3 is 9.47 Å². The van der Waals surface area contributed by atoms with E-state index in [-0.39, 0.29) is 11.9 Å². The van der Waals surface area contributed by atoms with Crippen LogP contribution in [-0.4, -0.2) is 43.8 Å². The summed E-state index contributed by atoms with van der Waals surface area (Å²) < 4.78 is 26.0. The average Bonchev–Trinajstić information content (AvgIpc) is 3.17. The van der Waals surface area contributed by atoms with Gasteiger partial charge in [-0.25, -0.2) is 9.97 Å². The number of aromatic nitrogens is 6. The number of pyridine rings is 1. The molecule has 154 valence electrons. The van der Waals surface area contributed by atoms with E-state index in [0.717, 1.165) is 18.4 Å². The van der Waals surface area contributed by atoms with Crippen LogP contribution >= 0.6 is 0 Å². The van der Waals surface area contributed by atoms with E-state index in [2.05, 4.69) is 32.0 Å². The van der Waals surface area contributed by atoms with E-state index in [4.69, 9.17) is 9.47 Å². The number of nitrogens with zero attached hydrogens (tertiary/aromatic N) is 6. The first-order valence-corrected chi connectivity index (χ1v) is 9.49. The summed E-state index contributed by atoms with van der Waals surface area (Å²) in [5.74, 6) is -0.137. The molecule has 0 aliphatic heterocycles. The topological polar surface area (TPSA) is 87.3 Å². The minimum Gasteiger partial charge on any atom is -0.480 e. The van der Waals surface area contributed by atoms with Gasteiger partial charge >= 0.3 is 6.01 Å². The molecular formula is C21H21FN6O2. The lowest BCUT2D eigenvalue weighted by Crippen LogP contribution is -2.06. The van der Waals surface area contributed by atoms with Crippen molar-refractivity contribution in [3.05, 3.63) is 60.1 Å². The van der Waals surface area contributed by atoms with Gasteiger partial charge in [-0.05, 0) is 42.5 Å².